The highest BCUT2D eigenvalue weighted by atomic mass is 13.9. The minimum atomic E-state index is 1.19. The molecule has 0 fully saturated rings. The van der Waals surface area contributed by atoms with Crippen LogP contribution < -0.4 is 0 Å². The van der Waals surface area contributed by atoms with Crippen LogP contribution in [0.3, 0.4) is 0 Å². The minimum absolute atomic E-state index is 1.19. The van der Waals surface area contributed by atoms with Crippen molar-refractivity contribution in [2.45, 2.75) is 54.4 Å². The summed E-state index contributed by atoms with van der Waals surface area (Å²) < 4.78 is 0. The first-order valence-electron chi connectivity index (χ1n) is 4.92. The van der Waals surface area contributed by atoms with Crippen LogP contribution in [-0.2, 0) is 0 Å². The molecule has 0 aliphatic carbocycles. The van der Waals surface area contributed by atoms with Crippen molar-refractivity contribution in [3.8, 4) is 0 Å². The van der Waals surface area contributed by atoms with Crippen LogP contribution in [0.25, 0.3) is 0 Å². The summed E-state index contributed by atoms with van der Waals surface area (Å²) in [5.74, 6) is 0. The van der Waals surface area contributed by atoms with E-state index in [-0.39, 0.29) is 0 Å². The molecule has 0 radical (unpaired) electrons. The van der Waals surface area contributed by atoms with Crippen LogP contribution in [0.1, 0.15) is 54.4 Å². The Bertz CT molecular complexity index is 134. The maximum atomic E-state index is 2.28. The van der Waals surface area contributed by atoms with Crippen molar-refractivity contribution >= 4 is 0 Å². The lowest BCUT2D eigenvalue weighted by atomic mass is 10.1. The van der Waals surface area contributed by atoms with Gasteiger partial charge in [-0.1, -0.05) is 37.1 Å². The fourth-order valence-electron chi connectivity index (χ4n) is 0.733. The second-order valence-electron chi connectivity index (χ2n) is 2.96. The van der Waals surface area contributed by atoms with Crippen molar-refractivity contribution in [3.63, 3.8) is 0 Å². The summed E-state index contributed by atoms with van der Waals surface area (Å²) in [6.07, 6.45) is 6.87. The predicted molar refractivity (Wildman–Crippen MR) is 59.4 cm³/mol. The van der Waals surface area contributed by atoms with E-state index in [1.54, 1.807) is 0 Å². The second-order valence-corrected chi connectivity index (χ2v) is 2.96. The lowest BCUT2D eigenvalue weighted by Gasteiger charge is -1.95. The molecule has 0 aromatic carbocycles. The molecule has 0 amide bonds. The van der Waals surface area contributed by atoms with Gasteiger partial charge in [0.05, 0.1) is 0 Å². The highest BCUT2D eigenvalue weighted by molar-refractivity contribution is 5.00. The maximum absolute atomic E-state index is 2.28. The Kier molecular flexibility index (Phi) is 12.3. The number of hydrogen-bond acceptors (Lipinski definition) is 0. The molecule has 12 heavy (non-hydrogen) atoms. The van der Waals surface area contributed by atoms with Gasteiger partial charge in [0.25, 0.3) is 0 Å². The van der Waals surface area contributed by atoms with Gasteiger partial charge in [0.15, 0.2) is 0 Å². The molecule has 0 heterocycles. The van der Waals surface area contributed by atoms with Gasteiger partial charge in [-0.3, -0.25) is 0 Å². The summed E-state index contributed by atoms with van der Waals surface area (Å²) in [7, 11) is 0. The lowest BCUT2D eigenvalue weighted by Crippen LogP contribution is -1.74. The first-order chi connectivity index (χ1) is 5.66. The molecule has 0 aliphatic heterocycles. The molecule has 0 heteroatoms. The normalized spacial score (nSPS) is 10.0. The van der Waals surface area contributed by atoms with Crippen molar-refractivity contribution in [2.75, 3.05) is 0 Å². The highest BCUT2D eigenvalue weighted by Crippen LogP contribution is 2.05. The van der Waals surface area contributed by atoms with Gasteiger partial charge in [-0.2, -0.15) is 0 Å². The van der Waals surface area contributed by atoms with E-state index >= 15 is 0 Å². The number of hydrogen-bond donors (Lipinski definition) is 0. The van der Waals surface area contributed by atoms with Crippen LogP contribution >= 0.6 is 0 Å². The van der Waals surface area contributed by atoms with Crippen molar-refractivity contribution in [1.29, 1.82) is 0 Å². The van der Waals surface area contributed by atoms with E-state index in [4.69, 9.17) is 0 Å². The zero-order valence-electron chi connectivity index (χ0n) is 9.57. The summed E-state index contributed by atoms with van der Waals surface area (Å²) in [6.45, 7) is 12.6. The van der Waals surface area contributed by atoms with E-state index in [1.165, 1.54) is 24.0 Å². The third-order valence-corrected chi connectivity index (χ3v) is 1.58. The molecule has 0 bridgehead atoms. The Morgan fingerprint density at radius 1 is 1.08 bits per heavy atom. The first-order valence-corrected chi connectivity index (χ1v) is 4.92. The Morgan fingerprint density at radius 2 is 1.58 bits per heavy atom. The van der Waals surface area contributed by atoms with Crippen LogP contribution in [0.4, 0.5) is 0 Å². The van der Waals surface area contributed by atoms with Gasteiger partial charge >= 0.3 is 0 Å². The quantitative estimate of drug-likeness (QED) is 0.535. The van der Waals surface area contributed by atoms with Crippen LogP contribution in [-0.4, -0.2) is 0 Å². The van der Waals surface area contributed by atoms with Gasteiger partial charge in [0.1, 0.15) is 0 Å². The topological polar surface area (TPSA) is 0 Å². The van der Waals surface area contributed by atoms with Crippen molar-refractivity contribution < 1.29 is 0 Å². The van der Waals surface area contributed by atoms with E-state index < -0.39 is 0 Å². The number of allylic oxidation sites excluding steroid dienone is 4. The van der Waals surface area contributed by atoms with E-state index in [2.05, 4.69) is 39.8 Å². The highest BCUT2D eigenvalue weighted by Gasteiger charge is 1.84. The van der Waals surface area contributed by atoms with Gasteiger partial charge < -0.3 is 0 Å². The van der Waals surface area contributed by atoms with E-state index in [0.717, 1.165) is 0 Å². The molecule has 0 saturated heterocycles. The summed E-state index contributed by atoms with van der Waals surface area (Å²) in [5.41, 5.74) is 2.90. The molecule has 0 N–H and O–H groups in total. The van der Waals surface area contributed by atoms with Gasteiger partial charge in [-0.05, 0) is 40.5 Å². The Morgan fingerprint density at radius 3 is 1.92 bits per heavy atom. The Hall–Kier alpha value is -0.520. The average Bonchev–Trinajstić information content (AvgIpc) is 2.07. The van der Waals surface area contributed by atoms with E-state index in [0.29, 0.717) is 0 Å². The zero-order chi connectivity index (χ0) is 9.98. The molecule has 0 rings (SSSR count). The van der Waals surface area contributed by atoms with Crippen molar-refractivity contribution in [1.82, 2.24) is 0 Å². The maximum Gasteiger partial charge on any atom is -0.0288 e. The summed E-state index contributed by atoms with van der Waals surface area (Å²) >= 11 is 0. The molecular formula is C12H24. The fraction of sp³-hybridized carbons (Fsp3) is 0.667. The molecule has 0 atom stereocenters. The monoisotopic (exact) mass is 168 g/mol. The number of rotatable bonds is 3. The summed E-state index contributed by atoms with van der Waals surface area (Å²) in [6, 6.07) is 0. The molecule has 0 unspecified atom stereocenters. The average molecular weight is 168 g/mol. The smallest absolute Gasteiger partial charge is 0.0288 e. The van der Waals surface area contributed by atoms with Gasteiger partial charge in [-0.25, -0.2) is 0 Å². The molecule has 0 aromatic heterocycles. The molecule has 72 valence electrons. The summed E-state index contributed by atoms with van der Waals surface area (Å²) in [4.78, 5) is 0. The molecule has 0 spiro atoms. The third kappa shape index (κ3) is 12.2. The predicted octanol–water partition coefficient (Wildman–Crippen LogP) is 4.73. The standard InChI is InChI=1S/C10H18.C2H6/c1-5-10(4)8-6-7-9(2)3;1-2/h5,7H,6,8H2,1-4H3;1-2H3/b10-5+;. The second kappa shape index (κ2) is 10.5. The van der Waals surface area contributed by atoms with Crippen LogP contribution in [0.5, 0.6) is 0 Å². The SMILES string of the molecule is C/C=C(\C)CCC=C(C)C.CC. The lowest BCUT2D eigenvalue weighted by molar-refractivity contribution is 0.964. The fourth-order valence-corrected chi connectivity index (χ4v) is 0.733. The van der Waals surface area contributed by atoms with Crippen molar-refractivity contribution in [3.05, 3.63) is 23.3 Å². The summed E-state index contributed by atoms with van der Waals surface area (Å²) in [5, 5.41) is 0. The minimum Gasteiger partial charge on any atom is -0.0887 e. The zero-order valence-corrected chi connectivity index (χ0v) is 9.57. The largest absolute Gasteiger partial charge is 0.0887 e. The molecule has 0 nitrogen and oxygen atoms in total. The Balaban J connectivity index is 0. The van der Waals surface area contributed by atoms with Crippen LogP contribution in [0.15, 0.2) is 23.3 Å². The van der Waals surface area contributed by atoms with E-state index in [9.17, 15) is 0 Å². The van der Waals surface area contributed by atoms with Gasteiger partial charge in [0.2, 0.25) is 0 Å². The van der Waals surface area contributed by atoms with Crippen LogP contribution in [0.2, 0.25) is 0 Å². The van der Waals surface area contributed by atoms with Gasteiger partial charge in [-0.15, -0.1) is 0 Å². The molecular weight excluding hydrogens is 144 g/mol. The van der Waals surface area contributed by atoms with Crippen molar-refractivity contribution in [2.24, 2.45) is 0 Å². The first kappa shape index (κ1) is 14.0. The Labute approximate surface area is 78.4 Å². The molecule has 0 aromatic rings. The molecule has 0 saturated carbocycles. The third-order valence-electron chi connectivity index (χ3n) is 1.58. The molecule has 0 aliphatic rings. The van der Waals surface area contributed by atoms with Crippen LogP contribution in [0, 0.1) is 0 Å². The van der Waals surface area contributed by atoms with E-state index in [1.807, 2.05) is 13.8 Å². The van der Waals surface area contributed by atoms with Gasteiger partial charge in [0, 0.05) is 0 Å².